The Hall–Kier alpha value is -1.62. The number of carboxylic acid groups (broad SMARTS) is 1. The predicted octanol–water partition coefficient (Wildman–Crippen LogP) is 1.31. The quantitative estimate of drug-likeness (QED) is 0.810. The summed E-state index contributed by atoms with van der Waals surface area (Å²) < 4.78 is 4.50. The summed E-state index contributed by atoms with van der Waals surface area (Å²) in [7, 11) is 1.27. The molecule has 1 rings (SSSR count). The fourth-order valence-corrected chi connectivity index (χ4v) is 1.10. The van der Waals surface area contributed by atoms with Gasteiger partial charge < -0.3 is 9.84 Å². The molecule has 0 aliphatic rings. The van der Waals surface area contributed by atoms with Crippen molar-refractivity contribution < 1.29 is 19.4 Å². The lowest BCUT2D eigenvalue weighted by molar-refractivity contribution is -0.136. The molecule has 0 bridgehead atoms. The SMILES string of the molecule is COC(=O)c1cc(CCC(=O)O)ccn1.Cl. The van der Waals surface area contributed by atoms with Gasteiger partial charge in [0.05, 0.1) is 7.11 Å². The third kappa shape index (κ3) is 4.27. The first-order valence-electron chi connectivity index (χ1n) is 4.38. The van der Waals surface area contributed by atoms with Gasteiger partial charge in [-0.15, -0.1) is 12.4 Å². The molecular formula is C10H12ClNO4. The summed E-state index contributed by atoms with van der Waals surface area (Å²) in [6.07, 6.45) is 1.87. The Morgan fingerprint density at radius 1 is 1.50 bits per heavy atom. The number of halogens is 1. The van der Waals surface area contributed by atoms with Crippen LogP contribution in [0.5, 0.6) is 0 Å². The Balaban J connectivity index is 0.00000225. The highest BCUT2D eigenvalue weighted by molar-refractivity contribution is 5.87. The topological polar surface area (TPSA) is 76.5 Å². The number of aromatic nitrogens is 1. The van der Waals surface area contributed by atoms with E-state index in [1.54, 1.807) is 6.07 Å². The molecule has 0 atom stereocenters. The van der Waals surface area contributed by atoms with E-state index in [4.69, 9.17) is 5.11 Å². The fraction of sp³-hybridized carbons (Fsp3) is 0.300. The average Bonchev–Trinajstić information content (AvgIpc) is 2.25. The van der Waals surface area contributed by atoms with E-state index in [-0.39, 0.29) is 24.5 Å². The zero-order valence-electron chi connectivity index (χ0n) is 8.67. The van der Waals surface area contributed by atoms with Crippen molar-refractivity contribution in [1.29, 1.82) is 0 Å². The molecule has 0 spiro atoms. The van der Waals surface area contributed by atoms with E-state index >= 15 is 0 Å². The Kier molecular flexibility index (Phi) is 6.10. The molecule has 16 heavy (non-hydrogen) atoms. The zero-order chi connectivity index (χ0) is 11.3. The van der Waals surface area contributed by atoms with Crippen LogP contribution in [0.15, 0.2) is 18.3 Å². The number of esters is 1. The number of carboxylic acids is 1. The normalized spacial score (nSPS) is 9.06. The Bertz CT molecular complexity index is 381. The molecule has 5 nitrogen and oxygen atoms in total. The lowest BCUT2D eigenvalue weighted by atomic mass is 10.1. The molecule has 0 saturated carbocycles. The number of ether oxygens (including phenoxy) is 1. The first kappa shape index (κ1) is 14.4. The van der Waals surface area contributed by atoms with Crippen LogP contribution < -0.4 is 0 Å². The fourth-order valence-electron chi connectivity index (χ4n) is 1.10. The minimum absolute atomic E-state index is 0. The largest absolute Gasteiger partial charge is 0.481 e. The van der Waals surface area contributed by atoms with Crippen LogP contribution in [-0.4, -0.2) is 29.1 Å². The van der Waals surface area contributed by atoms with Gasteiger partial charge in [0.2, 0.25) is 0 Å². The molecule has 0 fully saturated rings. The summed E-state index contributed by atoms with van der Waals surface area (Å²) in [4.78, 5) is 25.3. The molecule has 0 aromatic carbocycles. The number of carbonyl (C=O) groups excluding carboxylic acids is 1. The first-order chi connectivity index (χ1) is 7.13. The van der Waals surface area contributed by atoms with Crippen molar-refractivity contribution in [3.05, 3.63) is 29.6 Å². The molecular weight excluding hydrogens is 234 g/mol. The summed E-state index contributed by atoms with van der Waals surface area (Å²) >= 11 is 0. The van der Waals surface area contributed by atoms with Crippen LogP contribution in [0.25, 0.3) is 0 Å². The molecule has 0 aliphatic carbocycles. The van der Waals surface area contributed by atoms with Crippen LogP contribution >= 0.6 is 12.4 Å². The second-order valence-electron chi connectivity index (χ2n) is 2.93. The summed E-state index contributed by atoms with van der Waals surface area (Å²) in [6, 6.07) is 3.21. The molecule has 1 N–H and O–H groups in total. The first-order valence-corrected chi connectivity index (χ1v) is 4.38. The van der Waals surface area contributed by atoms with Crippen molar-refractivity contribution in [2.45, 2.75) is 12.8 Å². The number of pyridine rings is 1. The summed E-state index contributed by atoms with van der Waals surface area (Å²) in [5, 5.41) is 8.49. The molecule has 0 radical (unpaired) electrons. The molecule has 1 heterocycles. The maximum Gasteiger partial charge on any atom is 0.356 e. The van der Waals surface area contributed by atoms with E-state index in [0.29, 0.717) is 6.42 Å². The van der Waals surface area contributed by atoms with Crippen LogP contribution in [0.2, 0.25) is 0 Å². The monoisotopic (exact) mass is 245 g/mol. The van der Waals surface area contributed by atoms with Gasteiger partial charge in [-0.25, -0.2) is 9.78 Å². The van der Waals surface area contributed by atoms with Gasteiger partial charge in [0.15, 0.2) is 0 Å². The predicted molar refractivity (Wildman–Crippen MR) is 58.8 cm³/mol. The van der Waals surface area contributed by atoms with Crippen LogP contribution in [0.3, 0.4) is 0 Å². The van der Waals surface area contributed by atoms with E-state index < -0.39 is 11.9 Å². The molecule has 88 valence electrons. The van der Waals surface area contributed by atoms with Crippen LogP contribution in [-0.2, 0) is 16.0 Å². The summed E-state index contributed by atoms with van der Waals surface area (Å²) in [6.45, 7) is 0. The minimum Gasteiger partial charge on any atom is -0.481 e. The van der Waals surface area contributed by atoms with Crippen LogP contribution in [0.1, 0.15) is 22.5 Å². The third-order valence-electron chi connectivity index (χ3n) is 1.85. The second-order valence-corrected chi connectivity index (χ2v) is 2.93. The van der Waals surface area contributed by atoms with Gasteiger partial charge in [0, 0.05) is 12.6 Å². The van der Waals surface area contributed by atoms with Gasteiger partial charge in [0.25, 0.3) is 0 Å². The van der Waals surface area contributed by atoms with Gasteiger partial charge >= 0.3 is 11.9 Å². The molecule has 0 amide bonds. The number of nitrogens with zero attached hydrogens (tertiary/aromatic N) is 1. The number of hydrogen-bond acceptors (Lipinski definition) is 4. The highest BCUT2D eigenvalue weighted by Crippen LogP contribution is 2.05. The van der Waals surface area contributed by atoms with Crippen LogP contribution in [0.4, 0.5) is 0 Å². The van der Waals surface area contributed by atoms with E-state index in [0.717, 1.165) is 5.56 Å². The average molecular weight is 246 g/mol. The maximum atomic E-state index is 11.1. The van der Waals surface area contributed by atoms with Gasteiger partial charge in [0.1, 0.15) is 5.69 Å². The van der Waals surface area contributed by atoms with Crippen molar-refractivity contribution in [2.24, 2.45) is 0 Å². The molecule has 0 aliphatic heterocycles. The minimum atomic E-state index is -0.869. The number of rotatable bonds is 4. The Morgan fingerprint density at radius 2 is 2.19 bits per heavy atom. The standard InChI is InChI=1S/C10H11NO4.ClH/c1-15-10(14)8-6-7(4-5-11-8)2-3-9(12)13;/h4-6H,2-3H2,1H3,(H,12,13);1H. The van der Waals surface area contributed by atoms with E-state index in [1.165, 1.54) is 19.4 Å². The Morgan fingerprint density at radius 3 is 2.75 bits per heavy atom. The number of hydrogen-bond donors (Lipinski definition) is 1. The van der Waals surface area contributed by atoms with Gasteiger partial charge in [-0.05, 0) is 24.1 Å². The zero-order valence-corrected chi connectivity index (χ0v) is 9.49. The summed E-state index contributed by atoms with van der Waals surface area (Å²) in [5.41, 5.74) is 0.952. The molecule has 0 saturated heterocycles. The molecule has 1 aromatic heterocycles. The Labute approximate surface area is 98.9 Å². The highest BCUT2D eigenvalue weighted by atomic mass is 35.5. The van der Waals surface area contributed by atoms with Gasteiger partial charge in [-0.2, -0.15) is 0 Å². The number of carbonyl (C=O) groups is 2. The third-order valence-corrected chi connectivity index (χ3v) is 1.85. The molecule has 6 heteroatoms. The smallest absolute Gasteiger partial charge is 0.356 e. The second kappa shape index (κ2) is 6.79. The van der Waals surface area contributed by atoms with Crippen molar-refractivity contribution in [2.75, 3.05) is 7.11 Å². The maximum absolute atomic E-state index is 11.1. The van der Waals surface area contributed by atoms with Gasteiger partial charge in [-0.3, -0.25) is 4.79 Å². The summed E-state index contributed by atoms with van der Waals surface area (Å²) in [5.74, 6) is -1.39. The van der Waals surface area contributed by atoms with E-state index in [9.17, 15) is 9.59 Å². The van der Waals surface area contributed by atoms with E-state index in [1.807, 2.05) is 0 Å². The number of methoxy groups -OCH3 is 1. The van der Waals surface area contributed by atoms with Crippen molar-refractivity contribution >= 4 is 24.3 Å². The van der Waals surface area contributed by atoms with Gasteiger partial charge in [-0.1, -0.05) is 0 Å². The molecule has 1 aromatic rings. The number of aryl methyl sites for hydroxylation is 1. The van der Waals surface area contributed by atoms with Crippen molar-refractivity contribution in [3.8, 4) is 0 Å². The number of aliphatic carboxylic acids is 1. The lowest BCUT2D eigenvalue weighted by Crippen LogP contribution is -2.05. The highest BCUT2D eigenvalue weighted by Gasteiger charge is 2.07. The van der Waals surface area contributed by atoms with E-state index in [2.05, 4.69) is 9.72 Å². The lowest BCUT2D eigenvalue weighted by Gasteiger charge is -2.01. The van der Waals surface area contributed by atoms with Crippen LogP contribution in [0, 0.1) is 0 Å². The molecule has 0 unspecified atom stereocenters. The van der Waals surface area contributed by atoms with Crippen molar-refractivity contribution in [3.63, 3.8) is 0 Å². The van der Waals surface area contributed by atoms with Crippen molar-refractivity contribution in [1.82, 2.24) is 4.98 Å².